The van der Waals surface area contributed by atoms with E-state index in [1.165, 1.54) is 41.1 Å². The lowest BCUT2D eigenvalue weighted by Gasteiger charge is -2.39. The zero-order chi connectivity index (χ0) is 14.7. The van der Waals surface area contributed by atoms with Crippen molar-refractivity contribution < 1.29 is 0 Å². The van der Waals surface area contributed by atoms with Gasteiger partial charge in [0.25, 0.3) is 0 Å². The summed E-state index contributed by atoms with van der Waals surface area (Å²) in [6.07, 6.45) is 2.57. The maximum atomic E-state index is 6.27. The van der Waals surface area contributed by atoms with Crippen LogP contribution >= 0.6 is 27.3 Å². The average molecular weight is 360 g/mol. The molecule has 1 aliphatic heterocycles. The van der Waals surface area contributed by atoms with Crippen LogP contribution in [0.25, 0.3) is 0 Å². The molecule has 0 radical (unpaired) electrons. The summed E-state index contributed by atoms with van der Waals surface area (Å²) >= 11 is 5.38. The van der Waals surface area contributed by atoms with Crippen LogP contribution in [0.2, 0.25) is 0 Å². The van der Waals surface area contributed by atoms with Gasteiger partial charge in [-0.15, -0.1) is 11.3 Å². The standard InChI is InChI=1S/C15H26BrN3S/c1-11(17)15(13-4-5-14(16)20-13)19-8-6-12(7-9-19)10-18(2)3/h4-5,11-12,15H,6-10,17H2,1-3H3. The number of nitrogens with two attached hydrogens (primary N) is 1. The van der Waals surface area contributed by atoms with Crippen LogP contribution in [0.5, 0.6) is 0 Å². The second-order valence-electron chi connectivity index (χ2n) is 6.19. The minimum atomic E-state index is 0.172. The molecule has 1 fully saturated rings. The van der Waals surface area contributed by atoms with Gasteiger partial charge in [-0.1, -0.05) is 0 Å². The van der Waals surface area contributed by atoms with Gasteiger partial charge in [-0.3, -0.25) is 4.90 Å². The molecule has 1 saturated heterocycles. The molecule has 114 valence electrons. The van der Waals surface area contributed by atoms with E-state index >= 15 is 0 Å². The Hall–Kier alpha value is 0.0600. The van der Waals surface area contributed by atoms with Crippen molar-refractivity contribution in [2.24, 2.45) is 11.7 Å². The number of thiophene rings is 1. The highest BCUT2D eigenvalue weighted by molar-refractivity contribution is 9.11. The molecule has 0 saturated carbocycles. The van der Waals surface area contributed by atoms with E-state index in [9.17, 15) is 0 Å². The minimum absolute atomic E-state index is 0.172. The molecule has 1 aromatic rings. The molecule has 2 unspecified atom stereocenters. The molecule has 2 N–H and O–H groups in total. The lowest BCUT2D eigenvalue weighted by atomic mass is 9.94. The average Bonchev–Trinajstić information content (AvgIpc) is 2.77. The maximum Gasteiger partial charge on any atom is 0.0702 e. The number of hydrogen-bond donors (Lipinski definition) is 1. The highest BCUT2D eigenvalue weighted by Gasteiger charge is 2.29. The number of halogens is 1. The molecule has 1 aliphatic rings. The Bertz CT molecular complexity index is 411. The van der Waals surface area contributed by atoms with Gasteiger partial charge < -0.3 is 10.6 Å². The van der Waals surface area contributed by atoms with Gasteiger partial charge in [-0.05, 0) is 80.9 Å². The quantitative estimate of drug-likeness (QED) is 0.876. The summed E-state index contributed by atoms with van der Waals surface area (Å²) in [5.41, 5.74) is 6.27. The Labute approximate surface area is 135 Å². The topological polar surface area (TPSA) is 32.5 Å². The van der Waals surface area contributed by atoms with Crippen molar-refractivity contribution >= 4 is 27.3 Å². The van der Waals surface area contributed by atoms with Crippen molar-refractivity contribution in [2.45, 2.75) is 31.8 Å². The lowest BCUT2D eigenvalue weighted by molar-refractivity contribution is 0.110. The molecular weight excluding hydrogens is 334 g/mol. The first-order chi connectivity index (χ1) is 9.47. The summed E-state index contributed by atoms with van der Waals surface area (Å²) in [6, 6.07) is 4.89. The molecule has 0 bridgehead atoms. The fraction of sp³-hybridized carbons (Fsp3) is 0.733. The van der Waals surface area contributed by atoms with E-state index in [-0.39, 0.29) is 6.04 Å². The van der Waals surface area contributed by atoms with E-state index in [1.807, 2.05) is 11.3 Å². The fourth-order valence-electron chi connectivity index (χ4n) is 3.19. The molecule has 2 atom stereocenters. The lowest BCUT2D eigenvalue weighted by Crippen LogP contribution is -2.44. The van der Waals surface area contributed by atoms with Crippen LogP contribution < -0.4 is 5.73 Å². The molecule has 20 heavy (non-hydrogen) atoms. The van der Waals surface area contributed by atoms with E-state index < -0.39 is 0 Å². The normalized spacial score (nSPS) is 21.3. The summed E-state index contributed by atoms with van der Waals surface area (Å²) in [7, 11) is 4.33. The van der Waals surface area contributed by atoms with Gasteiger partial charge in [0, 0.05) is 17.5 Å². The number of likely N-dealkylation sites (tertiary alicyclic amines) is 1. The molecular formula is C15H26BrN3S. The SMILES string of the molecule is CC(N)C(c1ccc(Br)s1)N1CCC(CN(C)C)CC1. The van der Waals surface area contributed by atoms with Crippen LogP contribution in [-0.4, -0.2) is 49.6 Å². The van der Waals surface area contributed by atoms with Crippen LogP contribution in [0.15, 0.2) is 15.9 Å². The minimum Gasteiger partial charge on any atom is -0.326 e. The largest absolute Gasteiger partial charge is 0.326 e. The van der Waals surface area contributed by atoms with Gasteiger partial charge in [0.15, 0.2) is 0 Å². The highest BCUT2D eigenvalue weighted by atomic mass is 79.9. The Kier molecular flexibility index (Phi) is 6.05. The van der Waals surface area contributed by atoms with Crippen LogP contribution in [0.3, 0.4) is 0 Å². The van der Waals surface area contributed by atoms with Crippen molar-refractivity contribution in [3.05, 3.63) is 20.8 Å². The number of nitrogens with zero attached hydrogens (tertiary/aromatic N) is 2. The third kappa shape index (κ3) is 4.28. The van der Waals surface area contributed by atoms with Gasteiger partial charge in [0.05, 0.1) is 9.83 Å². The van der Waals surface area contributed by atoms with Crippen LogP contribution in [0, 0.1) is 5.92 Å². The van der Waals surface area contributed by atoms with Crippen LogP contribution in [0.4, 0.5) is 0 Å². The monoisotopic (exact) mass is 359 g/mol. The Morgan fingerprint density at radius 2 is 2.05 bits per heavy atom. The molecule has 2 heterocycles. The molecule has 2 rings (SSSR count). The van der Waals surface area contributed by atoms with E-state index in [2.05, 4.69) is 58.9 Å². The number of rotatable bonds is 5. The molecule has 1 aromatic heterocycles. The predicted molar refractivity (Wildman–Crippen MR) is 91.3 cm³/mol. The summed E-state index contributed by atoms with van der Waals surface area (Å²) in [5, 5.41) is 0. The summed E-state index contributed by atoms with van der Waals surface area (Å²) in [6.45, 7) is 5.67. The van der Waals surface area contributed by atoms with Crippen molar-refractivity contribution in [2.75, 3.05) is 33.7 Å². The molecule has 5 heteroatoms. The zero-order valence-electron chi connectivity index (χ0n) is 12.7. The van der Waals surface area contributed by atoms with E-state index in [1.54, 1.807) is 0 Å². The van der Waals surface area contributed by atoms with E-state index in [4.69, 9.17) is 5.73 Å². The van der Waals surface area contributed by atoms with Crippen LogP contribution in [0.1, 0.15) is 30.7 Å². The van der Waals surface area contributed by atoms with E-state index in [0.717, 1.165) is 5.92 Å². The molecule has 3 nitrogen and oxygen atoms in total. The first-order valence-corrected chi connectivity index (χ1v) is 8.98. The van der Waals surface area contributed by atoms with Crippen LogP contribution in [-0.2, 0) is 0 Å². The molecule has 0 aromatic carbocycles. The Morgan fingerprint density at radius 3 is 2.50 bits per heavy atom. The van der Waals surface area contributed by atoms with Gasteiger partial charge in [-0.2, -0.15) is 0 Å². The highest BCUT2D eigenvalue weighted by Crippen LogP contribution is 2.34. The second kappa shape index (κ2) is 7.36. The third-order valence-electron chi connectivity index (χ3n) is 4.05. The van der Waals surface area contributed by atoms with E-state index in [0.29, 0.717) is 6.04 Å². The molecule has 0 spiro atoms. The fourth-order valence-corrected chi connectivity index (χ4v) is 4.86. The Balaban J connectivity index is 1.99. The first kappa shape index (κ1) is 16.4. The zero-order valence-corrected chi connectivity index (χ0v) is 15.1. The van der Waals surface area contributed by atoms with Gasteiger partial charge in [0.2, 0.25) is 0 Å². The van der Waals surface area contributed by atoms with Gasteiger partial charge in [-0.25, -0.2) is 0 Å². The summed E-state index contributed by atoms with van der Waals surface area (Å²) in [5.74, 6) is 0.838. The number of hydrogen-bond acceptors (Lipinski definition) is 4. The van der Waals surface area contributed by atoms with Gasteiger partial charge in [0.1, 0.15) is 0 Å². The Morgan fingerprint density at radius 1 is 1.40 bits per heavy atom. The summed E-state index contributed by atoms with van der Waals surface area (Å²) in [4.78, 5) is 6.27. The maximum absolute atomic E-state index is 6.27. The number of piperidine rings is 1. The predicted octanol–water partition coefficient (Wildman–Crippen LogP) is 3.17. The van der Waals surface area contributed by atoms with Crippen molar-refractivity contribution in [3.8, 4) is 0 Å². The van der Waals surface area contributed by atoms with Crippen molar-refractivity contribution in [1.82, 2.24) is 9.80 Å². The van der Waals surface area contributed by atoms with Crippen molar-refractivity contribution in [1.29, 1.82) is 0 Å². The van der Waals surface area contributed by atoms with Gasteiger partial charge >= 0.3 is 0 Å². The molecule has 0 amide bonds. The smallest absolute Gasteiger partial charge is 0.0702 e. The van der Waals surface area contributed by atoms with Crippen molar-refractivity contribution in [3.63, 3.8) is 0 Å². The summed E-state index contributed by atoms with van der Waals surface area (Å²) < 4.78 is 1.20. The second-order valence-corrected chi connectivity index (χ2v) is 8.68. The third-order valence-corrected chi connectivity index (χ3v) is 5.74. The first-order valence-electron chi connectivity index (χ1n) is 7.37. The molecule has 0 aliphatic carbocycles.